The van der Waals surface area contributed by atoms with Crippen molar-refractivity contribution >= 4 is 34.7 Å². The van der Waals surface area contributed by atoms with Gasteiger partial charge in [0.15, 0.2) is 5.82 Å². The number of para-hydroxylation sites is 1. The molecule has 1 aromatic carbocycles. The van der Waals surface area contributed by atoms with Crippen LogP contribution in [0.1, 0.15) is 5.82 Å². The molecule has 0 spiro atoms. The zero-order valence-corrected chi connectivity index (χ0v) is 11.5. The van der Waals surface area contributed by atoms with Crippen molar-refractivity contribution in [3.8, 4) is 0 Å². The lowest BCUT2D eigenvalue weighted by molar-refractivity contribution is 0.178. The van der Waals surface area contributed by atoms with Gasteiger partial charge in [0.25, 0.3) is 0 Å². The molecule has 0 aliphatic heterocycles. The minimum Gasteiger partial charge on any atom is -0.377 e. The second kappa shape index (κ2) is 6.14. The fourth-order valence-electron chi connectivity index (χ4n) is 1.47. The molecule has 0 bridgehead atoms. The minimum absolute atomic E-state index is 0.141. The molecule has 4 nitrogen and oxygen atoms in total. The number of benzene rings is 1. The van der Waals surface area contributed by atoms with Gasteiger partial charge in [0.05, 0.1) is 10.7 Å². The highest BCUT2D eigenvalue weighted by Gasteiger charge is 2.09. The third kappa shape index (κ3) is 3.53. The monoisotopic (exact) mass is 301 g/mol. The number of ether oxygens (including phenoxy) is 1. The average molecular weight is 302 g/mol. The number of nitrogens with zero attached hydrogens (tertiary/aromatic N) is 2. The molecule has 2 rings (SSSR count). The maximum absolute atomic E-state index is 13.6. The Bertz CT molecular complexity index is 575. The molecule has 1 heterocycles. The molecule has 7 heteroatoms. The molecule has 1 N–H and O–H groups in total. The van der Waals surface area contributed by atoms with Gasteiger partial charge in [0.1, 0.15) is 23.4 Å². The summed E-state index contributed by atoms with van der Waals surface area (Å²) in [5, 5.41) is 3.27. The summed E-state index contributed by atoms with van der Waals surface area (Å²) >= 11 is 11.8. The highest BCUT2D eigenvalue weighted by atomic mass is 35.5. The number of nitrogens with one attached hydrogen (secondary N) is 1. The molecule has 2 aromatic rings. The maximum atomic E-state index is 13.6. The van der Waals surface area contributed by atoms with Gasteiger partial charge in [0, 0.05) is 13.2 Å². The van der Waals surface area contributed by atoms with Gasteiger partial charge in [0.2, 0.25) is 0 Å². The number of anilines is 2. The molecule has 0 saturated heterocycles. The molecule has 0 radical (unpaired) electrons. The van der Waals surface area contributed by atoms with Crippen LogP contribution in [0, 0.1) is 5.82 Å². The topological polar surface area (TPSA) is 47.0 Å². The van der Waals surface area contributed by atoms with Crippen molar-refractivity contribution in [3.63, 3.8) is 0 Å². The van der Waals surface area contributed by atoms with E-state index in [0.29, 0.717) is 11.6 Å². The fraction of sp³-hybridized carbons (Fsp3) is 0.167. The Labute approximate surface area is 119 Å². The zero-order valence-electron chi connectivity index (χ0n) is 9.95. The first-order valence-electron chi connectivity index (χ1n) is 5.33. The van der Waals surface area contributed by atoms with E-state index in [9.17, 15) is 4.39 Å². The molecule has 1 aromatic heterocycles. The number of hydrogen-bond acceptors (Lipinski definition) is 4. The smallest absolute Gasteiger partial charge is 0.158 e. The molecule has 0 aliphatic carbocycles. The van der Waals surface area contributed by atoms with E-state index in [1.165, 1.54) is 25.3 Å². The van der Waals surface area contributed by atoms with E-state index in [1.807, 2.05) is 0 Å². The van der Waals surface area contributed by atoms with Crippen molar-refractivity contribution in [3.05, 3.63) is 46.1 Å². The van der Waals surface area contributed by atoms with Crippen molar-refractivity contribution in [1.82, 2.24) is 9.97 Å². The van der Waals surface area contributed by atoms with Crippen molar-refractivity contribution in [2.75, 3.05) is 12.4 Å². The summed E-state index contributed by atoms with van der Waals surface area (Å²) < 4.78 is 18.6. The SMILES string of the molecule is COCc1nc(Cl)cc(Nc2c(F)cccc2Cl)n1. The normalized spacial score (nSPS) is 10.5. The Morgan fingerprint density at radius 2 is 2.11 bits per heavy atom. The van der Waals surface area contributed by atoms with E-state index in [0.717, 1.165) is 0 Å². The van der Waals surface area contributed by atoms with Gasteiger partial charge in [-0.1, -0.05) is 29.3 Å². The van der Waals surface area contributed by atoms with Crippen LogP contribution in [0.25, 0.3) is 0 Å². The number of methoxy groups -OCH3 is 1. The summed E-state index contributed by atoms with van der Waals surface area (Å²) in [5.74, 6) is 0.263. The van der Waals surface area contributed by atoms with Crippen LogP contribution in [-0.4, -0.2) is 17.1 Å². The third-order valence-corrected chi connectivity index (χ3v) is 2.74. The molecule has 0 aliphatic rings. The molecule has 100 valence electrons. The number of rotatable bonds is 4. The Morgan fingerprint density at radius 1 is 1.32 bits per heavy atom. The molecule has 0 fully saturated rings. The predicted octanol–water partition coefficient (Wildman–Crippen LogP) is 3.81. The van der Waals surface area contributed by atoms with Crippen LogP contribution in [0.5, 0.6) is 0 Å². The molecule has 19 heavy (non-hydrogen) atoms. The number of halogens is 3. The summed E-state index contributed by atoms with van der Waals surface area (Å²) in [6.07, 6.45) is 0. The van der Waals surface area contributed by atoms with Crippen molar-refractivity contribution in [2.24, 2.45) is 0 Å². The lowest BCUT2D eigenvalue weighted by Crippen LogP contribution is -2.03. The van der Waals surface area contributed by atoms with E-state index in [-0.39, 0.29) is 22.5 Å². The standard InChI is InChI=1S/C12H10Cl2FN3O/c1-19-6-11-16-9(14)5-10(17-11)18-12-7(13)3-2-4-8(12)15/h2-5H,6H2,1H3,(H,16,17,18). The van der Waals surface area contributed by atoms with Crippen molar-refractivity contribution in [1.29, 1.82) is 0 Å². The van der Waals surface area contributed by atoms with Gasteiger partial charge in [-0.05, 0) is 12.1 Å². The number of aromatic nitrogens is 2. The maximum Gasteiger partial charge on any atom is 0.158 e. The first kappa shape index (κ1) is 14.0. The fourth-order valence-corrected chi connectivity index (χ4v) is 1.88. The van der Waals surface area contributed by atoms with Gasteiger partial charge in [-0.25, -0.2) is 14.4 Å². The first-order chi connectivity index (χ1) is 9.10. The molecule has 0 amide bonds. The molecule has 0 atom stereocenters. The zero-order chi connectivity index (χ0) is 13.8. The summed E-state index contributed by atoms with van der Waals surface area (Å²) in [4.78, 5) is 8.12. The van der Waals surface area contributed by atoms with Gasteiger partial charge in [-0.2, -0.15) is 0 Å². The summed E-state index contributed by atoms with van der Waals surface area (Å²) in [6, 6.07) is 5.87. The van der Waals surface area contributed by atoms with Crippen LogP contribution in [-0.2, 0) is 11.3 Å². The summed E-state index contributed by atoms with van der Waals surface area (Å²) in [6.45, 7) is 0.209. The lowest BCUT2D eigenvalue weighted by atomic mass is 10.3. The van der Waals surface area contributed by atoms with E-state index in [4.69, 9.17) is 27.9 Å². The lowest BCUT2D eigenvalue weighted by Gasteiger charge is -2.10. The van der Waals surface area contributed by atoms with Crippen molar-refractivity contribution in [2.45, 2.75) is 6.61 Å². The summed E-state index contributed by atoms with van der Waals surface area (Å²) in [5.41, 5.74) is 0.141. The van der Waals surface area contributed by atoms with E-state index in [2.05, 4.69) is 15.3 Å². The minimum atomic E-state index is -0.476. The van der Waals surface area contributed by atoms with Crippen molar-refractivity contribution < 1.29 is 9.13 Å². The van der Waals surface area contributed by atoms with E-state index < -0.39 is 5.82 Å². The third-order valence-electron chi connectivity index (χ3n) is 2.23. The molecular formula is C12H10Cl2FN3O. The average Bonchev–Trinajstić information content (AvgIpc) is 2.34. The second-order valence-electron chi connectivity index (χ2n) is 3.65. The van der Waals surface area contributed by atoms with Crippen LogP contribution in [0.2, 0.25) is 10.2 Å². The molecule has 0 unspecified atom stereocenters. The summed E-state index contributed by atoms with van der Waals surface area (Å²) in [7, 11) is 1.52. The molecule has 0 saturated carbocycles. The molecular weight excluding hydrogens is 292 g/mol. The van der Waals surface area contributed by atoms with Crippen LogP contribution >= 0.6 is 23.2 Å². The van der Waals surface area contributed by atoms with Crippen LogP contribution in [0.4, 0.5) is 15.9 Å². The quantitative estimate of drug-likeness (QED) is 0.872. The van der Waals surface area contributed by atoms with Gasteiger partial charge < -0.3 is 10.1 Å². The van der Waals surface area contributed by atoms with Crippen LogP contribution < -0.4 is 5.32 Å². The Balaban J connectivity index is 2.33. The Hall–Kier alpha value is -1.43. The van der Waals surface area contributed by atoms with Crippen LogP contribution in [0.3, 0.4) is 0 Å². The first-order valence-corrected chi connectivity index (χ1v) is 6.09. The predicted molar refractivity (Wildman–Crippen MR) is 72.4 cm³/mol. The van der Waals surface area contributed by atoms with Gasteiger partial charge in [-0.3, -0.25) is 0 Å². The van der Waals surface area contributed by atoms with Crippen LogP contribution in [0.15, 0.2) is 24.3 Å². The largest absolute Gasteiger partial charge is 0.377 e. The Morgan fingerprint density at radius 3 is 2.79 bits per heavy atom. The number of hydrogen-bond donors (Lipinski definition) is 1. The second-order valence-corrected chi connectivity index (χ2v) is 4.44. The van der Waals surface area contributed by atoms with Gasteiger partial charge >= 0.3 is 0 Å². The Kier molecular flexibility index (Phi) is 4.52. The highest BCUT2D eigenvalue weighted by Crippen LogP contribution is 2.28. The van der Waals surface area contributed by atoms with E-state index >= 15 is 0 Å². The van der Waals surface area contributed by atoms with Gasteiger partial charge in [-0.15, -0.1) is 0 Å². The van der Waals surface area contributed by atoms with E-state index in [1.54, 1.807) is 6.07 Å². The highest BCUT2D eigenvalue weighted by molar-refractivity contribution is 6.33.